The Labute approximate surface area is 165 Å². The second-order valence-electron chi connectivity index (χ2n) is 5.66. The maximum absolute atomic E-state index is 12.6. The molecule has 0 atom stereocenters. The number of amides is 3. The Kier molecular flexibility index (Phi) is 5.98. The maximum Gasteiger partial charge on any atom is 0.258 e. The molecule has 0 saturated heterocycles. The van der Waals surface area contributed by atoms with E-state index >= 15 is 0 Å². The van der Waals surface area contributed by atoms with Crippen LogP contribution >= 0.6 is 11.6 Å². The normalized spacial score (nSPS) is 10.0. The lowest BCUT2D eigenvalue weighted by Gasteiger charge is -2.11. The number of rotatable bonds is 6. The molecule has 2 aromatic carbocycles. The van der Waals surface area contributed by atoms with Crippen molar-refractivity contribution in [1.82, 2.24) is 4.98 Å². The molecule has 1 heterocycles. The van der Waals surface area contributed by atoms with Gasteiger partial charge in [-0.2, -0.15) is 0 Å². The van der Waals surface area contributed by atoms with Crippen LogP contribution in [0, 0.1) is 0 Å². The molecule has 1 aromatic heterocycles. The van der Waals surface area contributed by atoms with Crippen LogP contribution in [0.3, 0.4) is 0 Å². The van der Waals surface area contributed by atoms with Gasteiger partial charge in [0.15, 0.2) is 0 Å². The molecule has 3 rings (SSSR count). The molecule has 0 fully saturated rings. The summed E-state index contributed by atoms with van der Waals surface area (Å²) < 4.78 is 0. The minimum atomic E-state index is -0.420. The highest BCUT2D eigenvalue weighted by Crippen LogP contribution is 2.19. The summed E-state index contributed by atoms with van der Waals surface area (Å²) in [7, 11) is 0. The Bertz CT molecular complexity index is 1000. The molecular formula is C20H15ClN4O3. The van der Waals surface area contributed by atoms with E-state index in [1.807, 2.05) is 0 Å². The second kappa shape index (κ2) is 8.79. The van der Waals surface area contributed by atoms with E-state index in [2.05, 4.69) is 20.9 Å². The number of nitrogens with zero attached hydrogens (tertiary/aromatic N) is 1. The Balaban J connectivity index is 1.75. The van der Waals surface area contributed by atoms with Crippen molar-refractivity contribution >= 4 is 47.0 Å². The van der Waals surface area contributed by atoms with Crippen LogP contribution in [0.15, 0.2) is 66.9 Å². The van der Waals surface area contributed by atoms with Crippen LogP contribution in [0.2, 0.25) is 5.02 Å². The SMILES string of the molecule is O=CNc1ccc(C(=O)Nc2ccccc2C(=O)Nc2ccc(Cl)cn2)cc1. The van der Waals surface area contributed by atoms with Crippen molar-refractivity contribution in [3.05, 3.63) is 83.0 Å². The number of para-hydroxylation sites is 1. The number of pyridine rings is 1. The minimum absolute atomic E-state index is 0.284. The number of halogens is 1. The highest BCUT2D eigenvalue weighted by Gasteiger charge is 2.14. The third-order valence-corrected chi connectivity index (χ3v) is 3.99. The summed E-state index contributed by atoms with van der Waals surface area (Å²) in [6, 6.07) is 16.2. The molecule has 3 aromatic rings. The predicted molar refractivity (Wildman–Crippen MR) is 108 cm³/mol. The van der Waals surface area contributed by atoms with E-state index in [1.54, 1.807) is 60.7 Å². The fraction of sp³-hybridized carbons (Fsp3) is 0. The monoisotopic (exact) mass is 394 g/mol. The zero-order valence-corrected chi connectivity index (χ0v) is 15.2. The zero-order chi connectivity index (χ0) is 19.9. The Morgan fingerprint density at radius 1 is 0.893 bits per heavy atom. The Morgan fingerprint density at radius 2 is 1.64 bits per heavy atom. The fourth-order valence-corrected chi connectivity index (χ4v) is 2.52. The molecule has 0 bridgehead atoms. The van der Waals surface area contributed by atoms with Crippen molar-refractivity contribution in [3.8, 4) is 0 Å². The number of aromatic nitrogens is 1. The minimum Gasteiger partial charge on any atom is -0.329 e. The first-order valence-corrected chi connectivity index (χ1v) is 8.58. The van der Waals surface area contributed by atoms with Crippen LogP contribution in [0.4, 0.5) is 17.2 Å². The molecule has 0 radical (unpaired) electrons. The van der Waals surface area contributed by atoms with Gasteiger partial charge in [0.2, 0.25) is 6.41 Å². The van der Waals surface area contributed by atoms with E-state index < -0.39 is 5.91 Å². The first-order valence-electron chi connectivity index (χ1n) is 8.20. The summed E-state index contributed by atoms with van der Waals surface area (Å²) >= 11 is 5.79. The van der Waals surface area contributed by atoms with Gasteiger partial charge in [0.05, 0.1) is 16.3 Å². The van der Waals surface area contributed by atoms with E-state index in [0.717, 1.165) is 0 Å². The summed E-state index contributed by atoms with van der Waals surface area (Å²) in [6.07, 6.45) is 1.98. The molecule has 0 unspecified atom stereocenters. The summed E-state index contributed by atoms with van der Waals surface area (Å²) in [4.78, 5) is 39.5. The number of hydrogen-bond acceptors (Lipinski definition) is 4. The lowest BCUT2D eigenvalue weighted by Crippen LogP contribution is -2.18. The summed E-state index contributed by atoms with van der Waals surface area (Å²) in [5.74, 6) is -0.465. The second-order valence-corrected chi connectivity index (χ2v) is 6.09. The molecule has 0 spiro atoms. The van der Waals surface area contributed by atoms with Gasteiger partial charge in [0, 0.05) is 17.4 Å². The van der Waals surface area contributed by atoms with Gasteiger partial charge >= 0.3 is 0 Å². The fourth-order valence-electron chi connectivity index (χ4n) is 2.40. The molecule has 0 aliphatic rings. The van der Waals surface area contributed by atoms with E-state index in [9.17, 15) is 14.4 Å². The first-order chi connectivity index (χ1) is 13.6. The molecule has 28 heavy (non-hydrogen) atoms. The van der Waals surface area contributed by atoms with E-state index in [0.29, 0.717) is 34.2 Å². The molecule has 0 aliphatic heterocycles. The zero-order valence-electron chi connectivity index (χ0n) is 14.5. The molecule has 7 nitrogen and oxygen atoms in total. The molecule has 0 saturated carbocycles. The number of anilines is 3. The molecule has 0 aliphatic carbocycles. The summed E-state index contributed by atoms with van der Waals surface area (Å²) in [5.41, 5.74) is 1.59. The summed E-state index contributed by atoms with van der Waals surface area (Å²) in [6.45, 7) is 0. The molecule has 3 N–H and O–H groups in total. The van der Waals surface area contributed by atoms with Gasteiger partial charge in [-0.1, -0.05) is 23.7 Å². The van der Waals surface area contributed by atoms with Gasteiger partial charge in [-0.25, -0.2) is 4.98 Å². The van der Waals surface area contributed by atoms with E-state index in [4.69, 9.17) is 11.6 Å². The topological polar surface area (TPSA) is 100 Å². The highest BCUT2D eigenvalue weighted by molar-refractivity contribution is 6.30. The third kappa shape index (κ3) is 4.72. The highest BCUT2D eigenvalue weighted by atomic mass is 35.5. The van der Waals surface area contributed by atoms with Crippen LogP contribution in [-0.4, -0.2) is 23.2 Å². The lowest BCUT2D eigenvalue weighted by molar-refractivity contribution is -0.105. The van der Waals surface area contributed by atoms with Crippen LogP contribution in [0.1, 0.15) is 20.7 Å². The predicted octanol–water partition coefficient (Wildman–Crippen LogP) is 3.81. The smallest absolute Gasteiger partial charge is 0.258 e. The quantitative estimate of drug-likeness (QED) is 0.553. The number of carbonyl (C=O) groups excluding carboxylic acids is 3. The standard InChI is InChI=1S/C20H15ClN4O3/c21-14-7-10-18(22-11-14)25-20(28)16-3-1-2-4-17(16)24-19(27)13-5-8-15(9-6-13)23-12-26/h1-12H,(H,23,26)(H,24,27)(H,22,25,28). The van der Waals surface area contributed by atoms with Crippen molar-refractivity contribution < 1.29 is 14.4 Å². The van der Waals surface area contributed by atoms with Crippen molar-refractivity contribution in [3.63, 3.8) is 0 Å². The first kappa shape index (κ1) is 19.1. The van der Waals surface area contributed by atoms with Gasteiger partial charge in [-0.05, 0) is 48.5 Å². The largest absolute Gasteiger partial charge is 0.329 e. The Hall–Kier alpha value is -3.71. The summed E-state index contributed by atoms with van der Waals surface area (Å²) in [5, 5.41) is 8.33. The van der Waals surface area contributed by atoms with Gasteiger partial charge in [-0.3, -0.25) is 14.4 Å². The molecular weight excluding hydrogens is 380 g/mol. The molecule has 3 amide bonds. The van der Waals surface area contributed by atoms with E-state index in [-0.39, 0.29) is 11.5 Å². The maximum atomic E-state index is 12.6. The Morgan fingerprint density at radius 3 is 2.32 bits per heavy atom. The number of carbonyl (C=O) groups is 3. The van der Waals surface area contributed by atoms with Crippen molar-refractivity contribution in [1.29, 1.82) is 0 Å². The van der Waals surface area contributed by atoms with Crippen molar-refractivity contribution in [2.75, 3.05) is 16.0 Å². The van der Waals surface area contributed by atoms with Crippen LogP contribution in [0.5, 0.6) is 0 Å². The average Bonchev–Trinajstić information content (AvgIpc) is 2.71. The van der Waals surface area contributed by atoms with Crippen LogP contribution in [0.25, 0.3) is 0 Å². The van der Waals surface area contributed by atoms with E-state index in [1.165, 1.54) is 6.20 Å². The number of hydrogen-bond donors (Lipinski definition) is 3. The number of benzene rings is 2. The van der Waals surface area contributed by atoms with Crippen LogP contribution in [-0.2, 0) is 4.79 Å². The van der Waals surface area contributed by atoms with Gasteiger partial charge in [-0.15, -0.1) is 0 Å². The van der Waals surface area contributed by atoms with Gasteiger partial charge in [0.1, 0.15) is 5.82 Å². The lowest BCUT2D eigenvalue weighted by atomic mass is 10.1. The molecule has 140 valence electrons. The third-order valence-electron chi connectivity index (χ3n) is 3.76. The van der Waals surface area contributed by atoms with Crippen molar-refractivity contribution in [2.24, 2.45) is 0 Å². The van der Waals surface area contributed by atoms with Gasteiger partial charge < -0.3 is 16.0 Å². The molecule has 8 heteroatoms. The average molecular weight is 395 g/mol. The van der Waals surface area contributed by atoms with Crippen molar-refractivity contribution in [2.45, 2.75) is 0 Å². The number of nitrogens with one attached hydrogen (secondary N) is 3. The van der Waals surface area contributed by atoms with Crippen LogP contribution < -0.4 is 16.0 Å². The van der Waals surface area contributed by atoms with Gasteiger partial charge in [0.25, 0.3) is 11.8 Å².